The van der Waals surface area contributed by atoms with Crippen LogP contribution >= 0.6 is 0 Å². The first-order valence-electron chi connectivity index (χ1n) is 8.27. The Kier molecular flexibility index (Phi) is 4.29. The fraction of sp³-hybridized carbons (Fsp3) is 0.625. The summed E-state index contributed by atoms with van der Waals surface area (Å²) in [6.45, 7) is 3.46. The molecule has 2 aromatic rings. The Hall–Kier alpha value is -2.38. The zero-order valence-corrected chi connectivity index (χ0v) is 14.3. The number of amides is 1. The molecule has 1 N–H and O–H groups in total. The minimum atomic E-state index is -0.397. The highest BCUT2D eigenvalue weighted by Crippen LogP contribution is 2.36. The van der Waals surface area contributed by atoms with E-state index in [0.717, 1.165) is 17.0 Å². The third-order valence-electron chi connectivity index (χ3n) is 4.86. The summed E-state index contributed by atoms with van der Waals surface area (Å²) in [7, 11) is 3.04. The second kappa shape index (κ2) is 6.26. The van der Waals surface area contributed by atoms with Crippen molar-refractivity contribution in [2.45, 2.75) is 32.7 Å². The van der Waals surface area contributed by atoms with Gasteiger partial charge in [-0.25, -0.2) is 9.78 Å². The molecule has 130 valence electrons. The van der Waals surface area contributed by atoms with Crippen LogP contribution in [0, 0.1) is 11.8 Å². The second-order valence-corrected chi connectivity index (χ2v) is 6.70. The van der Waals surface area contributed by atoms with Gasteiger partial charge in [0.1, 0.15) is 0 Å². The Balaban J connectivity index is 1.64. The predicted octanol–water partition coefficient (Wildman–Crippen LogP) is -0.0139. The molecule has 0 aromatic carbocycles. The van der Waals surface area contributed by atoms with Crippen molar-refractivity contribution in [3.63, 3.8) is 0 Å². The standard InChI is InChI=1S/C16H23N5O3/c1-10-7-11(10)8-17-12(22)5-4-6-21-9-18-14-13(21)15(23)20(3)16(24)19(14)2/h9-11H,4-8H2,1-3H3,(H,17,22)/t10-,11+/m1/s1. The van der Waals surface area contributed by atoms with Gasteiger partial charge < -0.3 is 9.88 Å². The molecule has 2 heterocycles. The third kappa shape index (κ3) is 3.00. The topological polar surface area (TPSA) is 90.9 Å². The van der Waals surface area contributed by atoms with E-state index >= 15 is 0 Å². The number of carbonyl (C=O) groups is 1. The summed E-state index contributed by atoms with van der Waals surface area (Å²) in [4.78, 5) is 40.2. The molecule has 1 saturated carbocycles. The van der Waals surface area contributed by atoms with Crippen molar-refractivity contribution in [3.8, 4) is 0 Å². The van der Waals surface area contributed by atoms with E-state index in [-0.39, 0.29) is 11.5 Å². The summed E-state index contributed by atoms with van der Waals surface area (Å²) in [6, 6.07) is 0. The lowest BCUT2D eigenvalue weighted by Crippen LogP contribution is -2.37. The van der Waals surface area contributed by atoms with E-state index < -0.39 is 5.69 Å². The summed E-state index contributed by atoms with van der Waals surface area (Å²) >= 11 is 0. The van der Waals surface area contributed by atoms with Crippen molar-refractivity contribution < 1.29 is 4.79 Å². The zero-order chi connectivity index (χ0) is 17.4. The summed E-state index contributed by atoms with van der Waals surface area (Å²) < 4.78 is 4.15. The summed E-state index contributed by atoms with van der Waals surface area (Å²) in [5.74, 6) is 1.40. The number of hydrogen-bond acceptors (Lipinski definition) is 4. The molecule has 0 aliphatic heterocycles. The third-order valence-corrected chi connectivity index (χ3v) is 4.86. The van der Waals surface area contributed by atoms with Crippen LogP contribution in [-0.2, 0) is 25.4 Å². The zero-order valence-electron chi connectivity index (χ0n) is 14.3. The number of nitrogens with zero attached hydrogens (tertiary/aromatic N) is 4. The molecular weight excluding hydrogens is 310 g/mol. The van der Waals surface area contributed by atoms with Crippen molar-refractivity contribution in [3.05, 3.63) is 27.2 Å². The lowest BCUT2D eigenvalue weighted by atomic mass is 10.2. The molecule has 0 spiro atoms. The fourth-order valence-corrected chi connectivity index (χ4v) is 2.99. The van der Waals surface area contributed by atoms with E-state index in [1.807, 2.05) is 0 Å². The molecule has 1 aliphatic rings. The van der Waals surface area contributed by atoms with Crippen molar-refractivity contribution in [2.24, 2.45) is 25.9 Å². The van der Waals surface area contributed by atoms with Gasteiger partial charge in [0.05, 0.1) is 6.33 Å². The SMILES string of the molecule is C[C@@H]1C[C@H]1CNC(=O)CCCn1cnc2c1c(=O)n(C)c(=O)n2C. The maximum Gasteiger partial charge on any atom is 0.332 e. The van der Waals surface area contributed by atoms with Crippen LogP contribution in [0.25, 0.3) is 11.2 Å². The van der Waals surface area contributed by atoms with Crippen LogP contribution in [0.5, 0.6) is 0 Å². The van der Waals surface area contributed by atoms with Crippen LogP contribution < -0.4 is 16.6 Å². The molecule has 1 fully saturated rings. The molecule has 3 rings (SSSR count). The molecule has 2 aromatic heterocycles. The minimum Gasteiger partial charge on any atom is -0.356 e. The van der Waals surface area contributed by atoms with Crippen LogP contribution in [0.4, 0.5) is 0 Å². The minimum absolute atomic E-state index is 0.0406. The number of fused-ring (bicyclic) bond motifs is 1. The average Bonchev–Trinajstić information content (AvgIpc) is 3.10. The number of hydrogen-bond donors (Lipinski definition) is 1. The van der Waals surface area contributed by atoms with Gasteiger partial charge in [-0.1, -0.05) is 6.92 Å². The van der Waals surface area contributed by atoms with Crippen LogP contribution in [0.2, 0.25) is 0 Å². The molecule has 8 nitrogen and oxygen atoms in total. The molecule has 1 amide bonds. The first-order chi connectivity index (χ1) is 11.4. The molecule has 0 radical (unpaired) electrons. The normalized spacial score (nSPS) is 19.6. The largest absolute Gasteiger partial charge is 0.356 e. The summed E-state index contributed by atoms with van der Waals surface area (Å²) in [5.41, 5.74) is 0.00582. The van der Waals surface area contributed by atoms with Crippen molar-refractivity contribution in [1.29, 1.82) is 0 Å². The first-order valence-corrected chi connectivity index (χ1v) is 8.27. The molecular formula is C16H23N5O3. The van der Waals surface area contributed by atoms with Crippen LogP contribution in [0.1, 0.15) is 26.2 Å². The van der Waals surface area contributed by atoms with Gasteiger partial charge in [0.15, 0.2) is 11.2 Å². The summed E-state index contributed by atoms with van der Waals surface area (Å²) in [6.07, 6.45) is 3.77. The Labute approximate surface area is 139 Å². The van der Waals surface area contributed by atoms with E-state index in [9.17, 15) is 14.4 Å². The van der Waals surface area contributed by atoms with E-state index in [4.69, 9.17) is 0 Å². The fourth-order valence-electron chi connectivity index (χ4n) is 2.99. The van der Waals surface area contributed by atoms with Crippen molar-refractivity contribution in [1.82, 2.24) is 24.0 Å². The Morgan fingerprint density at radius 1 is 1.33 bits per heavy atom. The average molecular weight is 333 g/mol. The molecule has 1 aliphatic carbocycles. The van der Waals surface area contributed by atoms with E-state index in [1.165, 1.54) is 18.0 Å². The van der Waals surface area contributed by atoms with Gasteiger partial charge in [-0.15, -0.1) is 0 Å². The monoisotopic (exact) mass is 333 g/mol. The first kappa shape index (κ1) is 16.5. The number of aryl methyl sites for hydroxylation is 2. The molecule has 24 heavy (non-hydrogen) atoms. The highest BCUT2D eigenvalue weighted by Gasteiger charge is 2.32. The molecule has 0 saturated heterocycles. The Morgan fingerprint density at radius 2 is 2.04 bits per heavy atom. The summed E-state index contributed by atoms with van der Waals surface area (Å²) in [5, 5.41) is 2.95. The Morgan fingerprint density at radius 3 is 2.71 bits per heavy atom. The highest BCUT2D eigenvalue weighted by molar-refractivity contribution is 5.76. The van der Waals surface area contributed by atoms with E-state index in [2.05, 4.69) is 17.2 Å². The van der Waals surface area contributed by atoms with Gasteiger partial charge in [0.25, 0.3) is 5.56 Å². The smallest absolute Gasteiger partial charge is 0.332 e. The lowest BCUT2D eigenvalue weighted by molar-refractivity contribution is -0.121. The number of nitrogens with one attached hydrogen (secondary N) is 1. The highest BCUT2D eigenvalue weighted by atomic mass is 16.2. The lowest BCUT2D eigenvalue weighted by Gasteiger charge is -2.07. The van der Waals surface area contributed by atoms with Crippen LogP contribution in [-0.4, -0.2) is 31.1 Å². The van der Waals surface area contributed by atoms with Gasteiger partial charge in [-0.05, 0) is 24.7 Å². The van der Waals surface area contributed by atoms with Crippen molar-refractivity contribution >= 4 is 17.1 Å². The van der Waals surface area contributed by atoms with Gasteiger partial charge in [0, 0.05) is 33.6 Å². The number of aromatic nitrogens is 4. The quantitative estimate of drug-likeness (QED) is 0.805. The van der Waals surface area contributed by atoms with E-state index in [1.54, 1.807) is 17.9 Å². The molecule has 2 atom stereocenters. The molecule has 0 bridgehead atoms. The van der Waals surface area contributed by atoms with Gasteiger partial charge in [-0.2, -0.15) is 0 Å². The second-order valence-electron chi connectivity index (χ2n) is 6.70. The number of imidazole rings is 1. The number of carbonyl (C=O) groups excluding carboxylic acids is 1. The van der Waals surface area contributed by atoms with Gasteiger partial charge >= 0.3 is 5.69 Å². The maximum absolute atomic E-state index is 12.3. The van der Waals surface area contributed by atoms with Crippen LogP contribution in [0.15, 0.2) is 15.9 Å². The molecule has 0 unspecified atom stereocenters. The maximum atomic E-state index is 12.3. The van der Waals surface area contributed by atoms with Gasteiger partial charge in [-0.3, -0.25) is 18.7 Å². The van der Waals surface area contributed by atoms with Crippen LogP contribution in [0.3, 0.4) is 0 Å². The van der Waals surface area contributed by atoms with Gasteiger partial charge in [0.2, 0.25) is 5.91 Å². The number of rotatable bonds is 6. The predicted molar refractivity (Wildman–Crippen MR) is 89.7 cm³/mol. The van der Waals surface area contributed by atoms with Crippen molar-refractivity contribution in [2.75, 3.05) is 6.54 Å². The van der Waals surface area contributed by atoms with E-state index in [0.29, 0.717) is 36.5 Å². The molecule has 8 heteroatoms. The Bertz CT molecular complexity index is 891.